The number of alkyl carbamates (subject to hydrolysis) is 1. The molecule has 2 aliphatic rings. The number of ether oxygens (including phenoxy) is 2. The molecule has 0 saturated heterocycles. The topological polar surface area (TPSA) is 165 Å². The molecule has 33 heavy (non-hydrogen) atoms. The zero-order chi connectivity index (χ0) is 23.8. The van der Waals surface area contributed by atoms with Crippen LogP contribution in [0.2, 0.25) is 0 Å². The highest BCUT2D eigenvalue weighted by Crippen LogP contribution is 2.32. The van der Waals surface area contributed by atoms with Gasteiger partial charge < -0.3 is 30.7 Å². The summed E-state index contributed by atoms with van der Waals surface area (Å²) in [7, 11) is 1.20. The summed E-state index contributed by atoms with van der Waals surface area (Å²) in [6.45, 7) is 0.145. The maximum absolute atomic E-state index is 12.3. The van der Waals surface area contributed by atoms with Gasteiger partial charge in [0.15, 0.2) is 0 Å². The van der Waals surface area contributed by atoms with Gasteiger partial charge in [0.25, 0.3) is 0 Å². The van der Waals surface area contributed by atoms with Gasteiger partial charge >= 0.3 is 12.1 Å². The lowest BCUT2D eigenvalue weighted by atomic mass is 10.0. The van der Waals surface area contributed by atoms with Gasteiger partial charge in [0.05, 0.1) is 25.8 Å². The fraction of sp³-hybridized carbons (Fsp3) is 0.500. The number of nitrogen functional groups attached to an aromatic ring is 1. The summed E-state index contributed by atoms with van der Waals surface area (Å²) in [6.07, 6.45) is 2.39. The van der Waals surface area contributed by atoms with Crippen LogP contribution in [0.1, 0.15) is 43.2 Å². The van der Waals surface area contributed by atoms with E-state index in [1.165, 1.54) is 7.11 Å². The maximum atomic E-state index is 12.3. The smallest absolute Gasteiger partial charge is 0.407 e. The largest absolute Gasteiger partial charge is 0.467 e. The Balaban J connectivity index is 1.41. The molecule has 1 saturated carbocycles. The summed E-state index contributed by atoms with van der Waals surface area (Å²) in [4.78, 5) is 41.6. The van der Waals surface area contributed by atoms with Crippen LogP contribution in [0.4, 0.5) is 4.79 Å². The van der Waals surface area contributed by atoms with Crippen molar-refractivity contribution in [2.75, 3.05) is 20.3 Å². The van der Waals surface area contributed by atoms with Gasteiger partial charge in [-0.1, -0.05) is 42.3 Å². The van der Waals surface area contributed by atoms with Gasteiger partial charge in [-0.05, 0) is 17.9 Å². The first-order valence-electron chi connectivity index (χ1n) is 10.8. The number of hydrogen-bond donors (Lipinski definition) is 4. The van der Waals surface area contributed by atoms with Crippen LogP contribution in [-0.4, -0.2) is 61.9 Å². The fourth-order valence-electron chi connectivity index (χ4n) is 3.29. The molecule has 1 heterocycles. The molecular formula is C22H29N5O6. The van der Waals surface area contributed by atoms with Crippen LogP contribution in [0, 0.1) is 11.3 Å². The van der Waals surface area contributed by atoms with Crippen LogP contribution in [-0.2, 0) is 23.9 Å². The van der Waals surface area contributed by atoms with Crippen molar-refractivity contribution >= 4 is 29.5 Å². The summed E-state index contributed by atoms with van der Waals surface area (Å²) in [5.41, 5.74) is 7.57. The van der Waals surface area contributed by atoms with Crippen molar-refractivity contribution in [3.8, 4) is 0 Å². The van der Waals surface area contributed by atoms with E-state index in [0.29, 0.717) is 23.6 Å². The predicted molar refractivity (Wildman–Crippen MR) is 119 cm³/mol. The molecule has 2 amide bonds. The first kappa shape index (κ1) is 24.0. The number of hydrogen-bond acceptors (Lipinski definition) is 8. The average molecular weight is 460 g/mol. The number of methoxy groups -OCH3 is 1. The highest BCUT2D eigenvalue weighted by Gasteiger charge is 2.27. The number of amidine groups is 1. The highest BCUT2D eigenvalue weighted by atomic mass is 16.6. The fourth-order valence-corrected chi connectivity index (χ4v) is 3.29. The lowest BCUT2D eigenvalue weighted by Crippen LogP contribution is -2.49. The number of esters is 1. The molecule has 11 heteroatoms. The predicted octanol–water partition coefficient (Wildman–Crippen LogP) is 1.04. The molecule has 1 aliphatic carbocycles. The molecule has 2 atom stereocenters. The second kappa shape index (κ2) is 11.3. The standard InChI is InChI=1S/C22H29N5O6/c1-31-21(29)18(26-22(30)32-9-8-13-2-3-13)12-25-19(28)11-16-10-17(27-33-16)14-4-6-15(7-5-14)20(23)24/h4-7,13,16,18H,2-3,8-12H2,1H3,(H3,23,24)(H,25,28)(H,26,30)/t16?,18-/m0/s1. The number of carbonyl (C=O) groups excluding carboxylic acids is 3. The molecule has 0 radical (unpaired) electrons. The van der Waals surface area contributed by atoms with Crippen LogP contribution in [0.25, 0.3) is 0 Å². The van der Waals surface area contributed by atoms with Gasteiger partial charge in [-0.15, -0.1) is 0 Å². The van der Waals surface area contributed by atoms with Crippen molar-refractivity contribution in [3.63, 3.8) is 0 Å². The molecule has 1 aromatic rings. The van der Waals surface area contributed by atoms with Gasteiger partial charge in [0, 0.05) is 18.5 Å². The van der Waals surface area contributed by atoms with E-state index in [2.05, 4.69) is 15.8 Å². The third-order valence-corrected chi connectivity index (χ3v) is 5.41. The highest BCUT2D eigenvalue weighted by molar-refractivity contribution is 6.02. The number of oxime groups is 1. The van der Waals surface area contributed by atoms with E-state index in [-0.39, 0.29) is 31.3 Å². The third-order valence-electron chi connectivity index (χ3n) is 5.41. The lowest BCUT2D eigenvalue weighted by molar-refractivity contribution is -0.143. The third kappa shape index (κ3) is 7.48. The normalized spacial score (nSPS) is 17.8. The first-order valence-corrected chi connectivity index (χ1v) is 10.8. The number of nitrogens with one attached hydrogen (secondary N) is 3. The van der Waals surface area contributed by atoms with E-state index >= 15 is 0 Å². The Morgan fingerprint density at radius 2 is 2.00 bits per heavy atom. The SMILES string of the molecule is COC(=O)[C@H](CNC(=O)CC1CC(c2ccc(C(=N)N)cc2)=NO1)NC(=O)OCCC1CC1. The quantitative estimate of drug-likeness (QED) is 0.218. The number of benzene rings is 1. The molecule has 3 rings (SSSR count). The van der Waals surface area contributed by atoms with E-state index in [4.69, 9.17) is 25.5 Å². The monoisotopic (exact) mass is 459 g/mol. The molecule has 1 aliphatic heterocycles. The molecule has 11 nitrogen and oxygen atoms in total. The van der Waals surface area contributed by atoms with Crippen LogP contribution < -0.4 is 16.4 Å². The number of rotatable bonds is 11. The number of nitrogens with two attached hydrogens (primary N) is 1. The minimum Gasteiger partial charge on any atom is -0.467 e. The molecular weight excluding hydrogens is 430 g/mol. The van der Waals surface area contributed by atoms with E-state index in [9.17, 15) is 14.4 Å². The first-order chi connectivity index (χ1) is 15.9. The van der Waals surface area contributed by atoms with E-state index in [1.807, 2.05) is 0 Å². The zero-order valence-corrected chi connectivity index (χ0v) is 18.5. The molecule has 0 aromatic heterocycles. The molecule has 1 aromatic carbocycles. The van der Waals surface area contributed by atoms with Crippen molar-refractivity contribution < 1.29 is 28.7 Å². The minimum atomic E-state index is -1.07. The van der Waals surface area contributed by atoms with Crippen molar-refractivity contribution in [2.45, 2.75) is 44.2 Å². The summed E-state index contributed by atoms with van der Waals surface area (Å²) < 4.78 is 9.78. The molecule has 0 bridgehead atoms. The van der Waals surface area contributed by atoms with Gasteiger partial charge in [-0.25, -0.2) is 9.59 Å². The Kier molecular flexibility index (Phi) is 8.22. The number of carbonyl (C=O) groups is 3. The lowest BCUT2D eigenvalue weighted by Gasteiger charge is -2.17. The summed E-state index contributed by atoms with van der Waals surface area (Å²) in [5.74, 6) is -0.449. The Morgan fingerprint density at radius 3 is 2.64 bits per heavy atom. The second-order valence-electron chi connectivity index (χ2n) is 8.06. The Hall–Kier alpha value is -3.63. The van der Waals surface area contributed by atoms with Gasteiger partial charge in [-0.2, -0.15) is 0 Å². The molecule has 178 valence electrons. The van der Waals surface area contributed by atoms with Crippen LogP contribution >= 0.6 is 0 Å². The molecule has 1 unspecified atom stereocenters. The molecule has 5 N–H and O–H groups in total. The zero-order valence-electron chi connectivity index (χ0n) is 18.5. The van der Waals surface area contributed by atoms with Crippen molar-refractivity contribution in [3.05, 3.63) is 35.4 Å². The Bertz CT molecular complexity index is 912. The van der Waals surface area contributed by atoms with E-state index < -0.39 is 24.2 Å². The van der Waals surface area contributed by atoms with Gasteiger partial charge in [-0.3, -0.25) is 10.2 Å². The Labute approximate surface area is 191 Å². The van der Waals surface area contributed by atoms with Crippen molar-refractivity contribution in [2.24, 2.45) is 16.8 Å². The summed E-state index contributed by atoms with van der Waals surface area (Å²) in [5, 5.41) is 16.5. The summed E-state index contributed by atoms with van der Waals surface area (Å²) >= 11 is 0. The number of amides is 2. The van der Waals surface area contributed by atoms with Crippen LogP contribution in [0.5, 0.6) is 0 Å². The molecule has 1 fully saturated rings. The van der Waals surface area contributed by atoms with Crippen LogP contribution in [0.3, 0.4) is 0 Å². The van der Waals surface area contributed by atoms with E-state index in [0.717, 1.165) is 24.8 Å². The van der Waals surface area contributed by atoms with Crippen molar-refractivity contribution in [1.29, 1.82) is 5.41 Å². The van der Waals surface area contributed by atoms with Gasteiger partial charge in [0.1, 0.15) is 18.0 Å². The second-order valence-corrected chi connectivity index (χ2v) is 8.06. The number of nitrogens with zero attached hydrogens (tertiary/aromatic N) is 1. The minimum absolute atomic E-state index is 0.0213. The molecule has 0 spiro atoms. The van der Waals surface area contributed by atoms with Gasteiger partial charge in [0.2, 0.25) is 5.91 Å². The van der Waals surface area contributed by atoms with Crippen LogP contribution in [0.15, 0.2) is 29.4 Å². The summed E-state index contributed by atoms with van der Waals surface area (Å²) in [6, 6.07) is 5.95. The maximum Gasteiger partial charge on any atom is 0.407 e. The van der Waals surface area contributed by atoms with Crippen molar-refractivity contribution in [1.82, 2.24) is 10.6 Å². The van der Waals surface area contributed by atoms with E-state index in [1.54, 1.807) is 24.3 Å². The average Bonchev–Trinajstić information content (AvgIpc) is 3.51. The Morgan fingerprint density at radius 1 is 1.27 bits per heavy atom.